The van der Waals surface area contributed by atoms with E-state index >= 15 is 0 Å². The molecule has 4 nitrogen and oxygen atoms in total. The molecule has 1 rings (SSSR count). The van der Waals surface area contributed by atoms with Gasteiger partial charge in [0.05, 0.1) is 0 Å². The Kier molecular flexibility index (Phi) is 5.82. The van der Waals surface area contributed by atoms with E-state index in [1.54, 1.807) is 0 Å². The Hall–Kier alpha value is -1.76. The van der Waals surface area contributed by atoms with Crippen molar-refractivity contribution in [1.82, 2.24) is 5.32 Å². The van der Waals surface area contributed by atoms with Crippen LogP contribution >= 0.6 is 0 Å². The maximum absolute atomic E-state index is 12.3. The van der Waals surface area contributed by atoms with Crippen molar-refractivity contribution in [3.8, 4) is 5.75 Å². The zero-order valence-corrected chi connectivity index (χ0v) is 12.8. The maximum Gasteiger partial charge on any atom is 0.573 e. The number of benzene rings is 1. The number of nitrogens with one attached hydrogen (secondary N) is 1. The summed E-state index contributed by atoms with van der Waals surface area (Å²) in [5.74, 6) is -0.776. The Labute approximate surface area is 127 Å². The van der Waals surface area contributed by atoms with Crippen molar-refractivity contribution in [2.45, 2.75) is 52.1 Å². The molecule has 0 saturated heterocycles. The van der Waals surface area contributed by atoms with Gasteiger partial charge in [-0.2, -0.15) is 0 Å². The fraction of sp³-hybridized carbons (Fsp3) is 0.533. The minimum Gasteiger partial charge on any atom is -0.406 e. The Balaban J connectivity index is 2.99. The average molecular weight is 319 g/mol. The molecule has 2 N–H and O–H groups in total. The van der Waals surface area contributed by atoms with E-state index in [1.807, 2.05) is 6.92 Å². The summed E-state index contributed by atoms with van der Waals surface area (Å²) in [6.07, 6.45) is -3.09. The van der Waals surface area contributed by atoms with E-state index in [2.05, 4.69) is 10.1 Å². The number of hydrogen-bond donors (Lipinski definition) is 2. The number of alkyl halides is 3. The van der Waals surface area contributed by atoms with E-state index in [-0.39, 0.29) is 23.5 Å². The van der Waals surface area contributed by atoms with Crippen LogP contribution in [0, 0.1) is 6.92 Å². The highest BCUT2D eigenvalue weighted by molar-refractivity contribution is 5.76. The van der Waals surface area contributed by atoms with Gasteiger partial charge >= 0.3 is 6.36 Å². The Bertz CT molecular complexity index is 527. The van der Waals surface area contributed by atoms with E-state index in [9.17, 15) is 23.1 Å². The van der Waals surface area contributed by atoms with Crippen LogP contribution in [0.2, 0.25) is 0 Å². The van der Waals surface area contributed by atoms with Crippen LogP contribution in [-0.4, -0.2) is 17.4 Å². The van der Waals surface area contributed by atoms with Gasteiger partial charge < -0.3 is 15.2 Å². The summed E-state index contributed by atoms with van der Waals surface area (Å²) in [5, 5.41) is 12.8. The molecule has 0 spiro atoms. The zero-order chi connectivity index (χ0) is 17.0. The van der Waals surface area contributed by atoms with Gasteiger partial charge in [-0.3, -0.25) is 4.79 Å². The van der Waals surface area contributed by atoms with Gasteiger partial charge in [-0.15, -0.1) is 13.2 Å². The van der Waals surface area contributed by atoms with Gasteiger partial charge in [-0.25, -0.2) is 0 Å². The number of rotatable bonds is 6. The molecule has 0 radical (unpaired) electrons. The minimum absolute atomic E-state index is 0.112. The number of aliphatic hydroxyl groups is 1. The third kappa shape index (κ3) is 5.22. The number of carbonyl (C=O) groups excluding carboxylic acids is 1. The smallest absolute Gasteiger partial charge is 0.406 e. The molecule has 0 heterocycles. The van der Waals surface area contributed by atoms with Crippen molar-refractivity contribution in [3.05, 3.63) is 29.3 Å². The number of carbonyl (C=O) groups is 1. The normalized spacial score (nSPS) is 14.3. The number of ether oxygens (including phenoxy) is 1. The summed E-state index contributed by atoms with van der Waals surface area (Å²) < 4.78 is 40.9. The second kappa shape index (κ2) is 7.00. The first-order chi connectivity index (χ1) is 10.1. The first-order valence-electron chi connectivity index (χ1n) is 6.96. The standard InChI is InChI=1S/C15H20F3NO3/c1-4-5-9-13(20)19-14(3,21)11-7-6-8-12(10(11)2)22-15(16,17)18/h6-8,21H,4-5,9H2,1-3H3,(H,19,20)/t14-/m0/s1. The predicted octanol–water partition coefficient (Wildman–Crippen LogP) is 3.37. The first-order valence-corrected chi connectivity index (χ1v) is 6.96. The maximum atomic E-state index is 12.3. The molecule has 1 aromatic carbocycles. The minimum atomic E-state index is -4.82. The summed E-state index contributed by atoms with van der Waals surface area (Å²) >= 11 is 0. The average Bonchev–Trinajstić information content (AvgIpc) is 2.36. The van der Waals surface area contributed by atoms with E-state index in [1.165, 1.54) is 26.0 Å². The Morgan fingerprint density at radius 3 is 2.55 bits per heavy atom. The van der Waals surface area contributed by atoms with Crippen molar-refractivity contribution in [2.75, 3.05) is 0 Å². The molecule has 1 atom stereocenters. The van der Waals surface area contributed by atoms with Gasteiger partial charge in [0.2, 0.25) is 5.91 Å². The van der Waals surface area contributed by atoms with Crippen LogP contribution in [0.25, 0.3) is 0 Å². The van der Waals surface area contributed by atoms with Gasteiger partial charge in [-0.1, -0.05) is 25.5 Å². The highest BCUT2D eigenvalue weighted by atomic mass is 19.4. The number of amides is 1. The molecule has 0 unspecified atom stereocenters. The second-order valence-electron chi connectivity index (χ2n) is 5.20. The van der Waals surface area contributed by atoms with E-state index < -0.39 is 17.8 Å². The molecular weight excluding hydrogens is 299 g/mol. The molecular formula is C15H20F3NO3. The summed E-state index contributed by atoms with van der Waals surface area (Å²) in [4.78, 5) is 11.7. The van der Waals surface area contributed by atoms with E-state index in [0.717, 1.165) is 12.5 Å². The third-order valence-electron chi connectivity index (χ3n) is 3.17. The largest absolute Gasteiger partial charge is 0.573 e. The van der Waals surface area contributed by atoms with Crippen LogP contribution < -0.4 is 10.1 Å². The molecule has 7 heteroatoms. The molecule has 0 aliphatic heterocycles. The molecule has 0 aliphatic rings. The molecule has 0 saturated carbocycles. The fourth-order valence-corrected chi connectivity index (χ4v) is 2.12. The first kappa shape index (κ1) is 18.3. The summed E-state index contributed by atoms with van der Waals surface area (Å²) in [6.45, 7) is 4.63. The van der Waals surface area contributed by atoms with E-state index in [0.29, 0.717) is 6.42 Å². The SMILES string of the molecule is CCCCC(=O)N[C@@](C)(O)c1cccc(OC(F)(F)F)c1C. The summed E-state index contributed by atoms with van der Waals surface area (Å²) in [6, 6.07) is 3.93. The van der Waals surface area contributed by atoms with Crippen LogP contribution in [0.4, 0.5) is 13.2 Å². The van der Waals surface area contributed by atoms with Crippen LogP contribution in [-0.2, 0) is 10.5 Å². The van der Waals surface area contributed by atoms with Gasteiger partial charge in [0.25, 0.3) is 0 Å². The predicted molar refractivity (Wildman–Crippen MR) is 75.1 cm³/mol. The monoisotopic (exact) mass is 319 g/mol. The van der Waals surface area contributed by atoms with Crippen molar-refractivity contribution in [2.24, 2.45) is 0 Å². The molecule has 0 aliphatic carbocycles. The highest BCUT2D eigenvalue weighted by Gasteiger charge is 2.34. The van der Waals surface area contributed by atoms with Gasteiger partial charge in [0.15, 0.2) is 5.72 Å². The van der Waals surface area contributed by atoms with Gasteiger partial charge in [-0.05, 0) is 31.9 Å². The molecule has 0 aromatic heterocycles. The molecule has 22 heavy (non-hydrogen) atoms. The van der Waals surface area contributed by atoms with Crippen molar-refractivity contribution in [1.29, 1.82) is 0 Å². The summed E-state index contributed by atoms with van der Waals surface area (Å²) in [5.41, 5.74) is -1.51. The van der Waals surface area contributed by atoms with Crippen molar-refractivity contribution in [3.63, 3.8) is 0 Å². The second-order valence-corrected chi connectivity index (χ2v) is 5.20. The Morgan fingerprint density at radius 2 is 2.00 bits per heavy atom. The molecule has 0 fully saturated rings. The lowest BCUT2D eigenvalue weighted by atomic mass is 9.98. The van der Waals surface area contributed by atoms with Crippen molar-refractivity contribution < 1.29 is 27.8 Å². The molecule has 1 amide bonds. The lowest BCUT2D eigenvalue weighted by molar-refractivity contribution is -0.274. The summed E-state index contributed by atoms with van der Waals surface area (Å²) in [7, 11) is 0. The number of halogens is 3. The lowest BCUT2D eigenvalue weighted by Crippen LogP contribution is -2.43. The lowest BCUT2D eigenvalue weighted by Gasteiger charge is -2.28. The molecule has 124 valence electrons. The zero-order valence-electron chi connectivity index (χ0n) is 12.8. The molecule has 0 bridgehead atoms. The third-order valence-corrected chi connectivity index (χ3v) is 3.17. The van der Waals surface area contributed by atoms with Crippen molar-refractivity contribution >= 4 is 5.91 Å². The highest BCUT2D eigenvalue weighted by Crippen LogP contribution is 2.32. The van der Waals surface area contributed by atoms with Crippen LogP contribution in [0.5, 0.6) is 5.75 Å². The van der Waals surface area contributed by atoms with Crippen LogP contribution in [0.3, 0.4) is 0 Å². The van der Waals surface area contributed by atoms with Crippen LogP contribution in [0.15, 0.2) is 18.2 Å². The molecule has 1 aromatic rings. The quantitative estimate of drug-likeness (QED) is 0.791. The van der Waals surface area contributed by atoms with E-state index in [4.69, 9.17) is 0 Å². The number of hydrogen-bond acceptors (Lipinski definition) is 3. The van der Waals surface area contributed by atoms with Gasteiger partial charge in [0.1, 0.15) is 5.75 Å². The Morgan fingerprint density at radius 1 is 1.36 bits per heavy atom. The fourth-order valence-electron chi connectivity index (χ4n) is 2.12. The number of unbranched alkanes of at least 4 members (excludes halogenated alkanes) is 1. The topological polar surface area (TPSA) is 58.6 Å². The van der Waals surface area contributed by atoms with Gasteiger partial charge in [0, 0.05) is 12.0 Å². The van der Waals surface area contributed by atoms with Crippen LogP contribution in [0.1, 0.15) is 44.2 Å².